The first-order valence-corrected chi connectivity index (χ1v) is 10.5. The van der Waals surface area contributed by atoms with Gasteiger partial charge in [0.05, 0.1) is 11.2 Å². The van der Waals surface area contributed by atoms with Gasteiger partial charge >= 0.3 is 6.09 Å². The standard InChI is InChI=1S/C26H21ClN2O3/c27-21-13-11-20-12-14-22(28-25(20)16-21)17-32-23-9-4-6-18(15-23)5-3-8-19-7-1-2-10-24(19)29-26(30)31/h1-7,9-16,29H,8,17H2,(H,30,31). The number of rotatable bonds is 7. The molecule has 160 valence electrons. The van der Waals surface area contributed by atoms with E-state index in [1.54, 1.807) is 12.1 Å². The van der Waals surface area contributed by atoms with Crippen LogP contribution >= 0.6 is 11.6 Å². The van der Waals surface area contributed by atoms with Crippen LogP contribution in [0, 0.1) is 0 Å². The molecule has 0 bridgehead atoms. The van der Waals surface area contributed by atoms with Crippen LogP contribution in [0.5, 0.6) is 5.75 Å². The fourth-order valence-corrected chi connectivity index (χ4v) is 3.50. The van der Waals surface area contributed by atoms with Gasteiger partial charge in [-0.2, -0.15) is 0 Å². The molecule has 1 aromatic heterocycles. The number of hydrogen-bond donors (Lipinski definition) is 2. The number of amides is 1. The molecular weight excluding hydrogens is 424 g/mol. The number of anilines is 1. The Kier molecular flexibility index (Phi) is 6.68. The number of ether oxygens (including phenoxy) is 1. The lowest BCUT2D eigenvalue weighted by Gasteiger charge is -2.08. The second kappa shape index (κ2) is 9.98. The van der Waals surface area contributed by atoms with E-state index in [1.807, 2.05) is 78.9 Å². The van der Waals surface area contributed by atoms with Gasteiger partial charge in [0.2, 0.25) is 0 Å². The number of nitrogens with zero attached hydrogens (tertiary/aromatic N) is 1. The van der Waals surface area contributed by atoms with E-state index in [4.69, 9.17) is 21.4 Å². The minimum Gasteiger partial charge on any atom is -0.487 e. The van der Waals surface area contributed by atoms with Crippen molar-refractivity contribution in [2.75, 3.05) is 5.32 Å². The van der Waals surface area contributed by atoms with Crippen molar-refractivity contribution in [3.8, 4) is 5.75 Å². The molecule has 0 aliphatic rings. The molecule has 0 saturated carbocycles. The summed E-state index contributed by atoms with van der Waals surface area (Å²) in [5.41, 5.74) is 4.15. The molecule has 32 heavy (non-hydrogen) atoms. The predicted molar refractivity (Wildman–Crippen MR) is 128 cm³/mol. The Morgan fingerprint density at radius 3 is 2.75 bits per heavy atom. The van der Waals surface area contributed by atoms with Crippen LogP contribution in [0.4, 0.5) is 10.5 Å². The molecular formula is C26H21ClN2O3. The minimum atomic E-state index is -1.07. The Morgan fingerprint density at radius 2 is 1.88 bits per heavy atom. The normalized spacial score (nSPS) is 11.0. The number of carboxylic acid groups (broad SMARTS) is 1. The predicted octanol–water partition coefficient (Wildman–Crippen LogP) is 6.81. The Labute approximate surface area is 191 Å². The van der Waals surface area contributed by atoms with Gasteiger partial charge in [-0.1, -0.05) is 66.2 Å². The number of fused-ring (bicyclic) bond motifs is 1. The molecule has 4 aromatic rings. The third-order valence-electron chi connectivity index (χ3n) is 4.86. The highest BCUT2D eigenvalue weighted by Gasteiger charge is 2.04. The molecule has 0 spiro atoms. The molecule has 0 saturated heterocycles. The topological polar surface area (TPSA) is 71.5 Å². The third kappa shape index (κ3) is 5.65. The first kappa shape index (κ1) is 21.4. The Balaban J connectivity index is 1.40. The number of nitrogens with one attached hydrogen (secondary N) is 1. The molecule has 0 atom stereocenters. The summed E-state index contributed by atoms with van der Waals surface area (Å²) in [7, 11) is 0. The van der Waals surface area contributed by atoms with E-state index in [2.05, 4.69) is 10.3 Å². The highest BCUT2D eigenvalue weighted by Crippen LogP contribution is 2.21. The molecule has 4 rings (SSSR count). The van der Waals surface area contributed by atoms with E-state index < -0.39 is 6.09 Å². The summed E-state index contributed by atoms with van der Waals surface area (Å²) < 4.78 is 5.93. The van der Waals surface area contributed by atoms with Crippen molar-refractivity contribution in [1.82, 2.24) is 4.98 Å². The van der Waals surface area contributed by atoms with Crippen LogP contribution in [-0.4, -0.2) is 16.2 Å². The van der Waals surface area contributed by atoms with Crippen LogP contribution in [-0.2, 0) is 13.0 Å². The van der Waals surface area contributed by atoms with E-state index >= 15 is 0 Å². The van der Waals surface area contributed by atoms with E-state index in [-0.39, 0.29) is 0 Å². The van der Waals surface area contributed by atoms with Crippen LogP contribution in [0.2, 0.25) is 5.02 Å². The summed E-state index contributed by atoms with van der Waals surface area (Å²) in [5.74, 6) is 0.744. The molecule has 3 aromatic carbocycles. The number of pyridine rings is 1. The summed E-state index contributed by atoms with van der Waals surface area (Å²) in [6, 6.07) is 24.7. The zero-order valence-electron chi connectivity index (χ0n) is 17.2. The number of carbonyl (C=O) groups is 1. The zero-order valence-corrected chi connectivity index (χ0v) is 17.9. The largest absolute Gasteiger partial charge is 0.487 e. The average molecular weight is 445 g/mol. The summed E-state index contributed by atoms with van der Waals surface area (Å²) >= 11 is 6.07. The van der Waals surface area contributed by atoms with Crippen molar-refractivity contribution in [1.29, 1.82) is 0 Å². The number of aromatic nitrogens is 1. The Hall–Kier alpha value is -3.83. The summed E-state index contributed by atoms with van der Waals surface area (Å²) in [6.07, 6.45) is 3.51. The van der Waals surface area contributed by atoms with E-state index in [1.165, 1.54) is 0 Å². The number of halogens is 1. The highest BCUT2D eigenvalue weighted by atomic mass is 35.5. The van der Waals surface area contributed by atoms with Gasteiger partial charge in [-0.3, -0.25) is 5.32 Å². The van der Waals surface area contributed by atoms with Crippen LogP contribution in [0.3, 0.4) is 0 Å². The minimum absolute atomic E-state index is 0.351. The van der Waals surface area contributed by atoms with Gasteiger partial charge < -0.3 is 9.84 Å². The molecule has 1 heterocycles. The van der Waals surface area contributed by atoms with Gasteiger partial charge in [-0.25, -0.2) is 9.78 Å². The Bertz CT molecular complexity index is 1290. The second-order valence-corrected chi connectivity index (χ2v) is 7.63. The lowest BCUT2D eigenvalue weighted by Crippen LogP contribution is -2.08. The SMILES string of the molecule is O=C(O)Nc1ccccc1CC=Cc1cccc(OCc2ccc3ccc(Cl)cc3n2)c1. The van der Waals surface area contributed by atoms with Gasteiger partial charge in [0, 0.05) is 16.1 Å². The van der Waals surface area contributed by atoms with Crippen LogP contribution in [0.1, 0.15) is 16.8 Å². The van der Waals surface area contributed by atoms with Crippen molar-refractivity contribution in [2.24, 2.45) is 0 Å². The van der Waals surface area contributed by atoms with Gasteiger partial charge in [-0.15, -0.1) is 0 Å². The van der Waals surface area contributed by atoms with Crippen LogP contribution in [0.15, 0.2) is 84.9 Å². The van der Waals surface area contributed by atoms with Crippen molar-refractivity contribution in [2.45, 2.75) is 13.0 Å². The van der Waals surface area contributed by atoms with Gasteiger partial charge in [-0.05, 0) is 53.9 Å². The third-order valence-corrected chi connectivity index (χ3v) is 5.10. The molecule has 0 radical (unpaired) electrons. The lowest BCUT2D eigenvalue weighted by atomic mass is 10.1. The number of allylic oxidation sites excluding steroid dienone is 1. The maximum atomic E-state index is 10.9. The number of para-hydroxylation sites is 1. The fourth-order valence-electron chi connectivity index (χ4n) is 3.34. The smallest absolute Gasteiger partial charge is 0.409 e. The summed E-state index contributed by atoms with van der Waals surface area (Å²) in [6.45, 7) is 0.351. The maximum absolute atomic E-state index is 10.9. The number of hydrogen-bond acceptors (Lipinski definition) is 3. The molecule has 1 amide bonds. The lowest BCUT2D eigenvalue weighted by molar-refractivity contribution is 0.209. The van der Waals surface area contributed by atoms with E-state index in [0.717, 1.165) is 33.5 Å². The fraction of sp³-hybridized carbons (Fsp3) is 0.0769. The van der Waals surface area contributed by atoms with Crippen molar-refractivity contribution < 1.29 is 14.6 Å². The molecule has 0 aliphatic heterocycles. The Morgan fingerprint density at radius 1 is 1.03 bits per heavy atom. The van der Waals surface area contributed by atoms with Gasteiger partial charge in [0.1, 0.15) is 12.4 Å². The van der Waals surface area contributed by atoms with Crippen LogP contribution < -0.4 is 10.1 Å². The molecule has 6 heteroatoms. The highest BCUT2D eigenvalue weighted by molar-refractivity contribution is 6.31. The molecule has 0 fully saturated rings. The van der Waals surface area contributed by atoms with E-state index in [9.17, 15) is 4.79 Å². The molecule has 5 nitrogen and oxygen atoms in total. The van der Waals surface area contributed by atoms with Crippen molar-refractivity contribution >= 4 is 40.4 Å². The first-order chi connectivity index (χ1) is 15.6. The average Bonchev–Trinajstić information content (AvgIpc) is 2.78. The molecule has 0 aliphatic carbocycles. The maximum Gasteiger partial charge on any atom is 0.409 e. The first-order valence-electron chi connectivity index (χ1n) is 10.1. The quantitative estimate of drug-likeness (QED) is 0.328. The molecule has 0 unspecified atom stereocenters. The van der Waals surface area contributed by atoms with Crippen molar-refractivity contribution in [3.63, 3.8) is 0 Å². The van der Waals surface area contributed by atoms with E-state index in [0.29, 0.717) is 23.7 Å². The van der Waals surface area contributed by atoms with Crippen molar-refractivity contribution in [3.05, 3.63) is 107 Å². The van der Waals surface area contributed by atoms with Crippen LogP contribution in [0.25, 0.3) is 17.0 Å². The summed E-state index contributed by atoms with van der Waals surface area (Å²) in [4.78, 5) is 15.6. The monoisotopic (exact) mass is 444 g/mol. The summed E-state index contributed by atoms with van der Waals surface area (Å²) in [5, 5.41) is 13.1. The zero-order chi connectivity index (χ0) is 22.3. The van der Waals surface area contributed by atoms with Gasteiger partial charge in [0.25, 0.3) is 0 Å². The number of benzene rings is 3. The molecule has 2 N–H and O–H groups in total. The second-order valence-electron chi connectivity index (χ2n) is 7.19. The van der Waals surface area contributed by atoms with Gasteiger partial charge in [0.15, 0.2) is 0 Å².